The van der Waals surface area contributed by atoms with E-state index in [0.29, 0.717) is 0 Å². The summed E-state index contributed by atoms with van der Waals surface area (Å²) in [7, 11) is -1.44. The second kappa shape index (κ2) is 7.03. The van der Waals surface area contributed by atoms with E-state index in [-0.39, 0.29) is 6.04 Å². The highest BCUT2D eigenvalue weighted by atomic mass is 28.3. The monoisotopic (exact) mass is 284 g/mol. The summed E-state index contributed by atoms with van der Waals surface area (Å²) in [6.45, 7) is 4.11. The Labute approximate surface area is 121 Å². The molecule has 0 saturated heterocycles. The first-order valence-corrected chi connectivity index (χ1v) is 9.06. The van der Waals surface area contributed by atoms with Crippen LogP contribution < -0.4 is 10.2 Å². The molecule has 0 bridgehead atoms. The van der Waals surface area contributed by atoms with Gasteiger partial charge in [0.1, 0.15) is 5.75 Å². The highest BCUT2D eigenvalue weighted by molar-refractivity contribution is 6.57. The van der Waals surface area contributed by atoms with Gasteiger partial charge < -0.3 is 10.2 Å². The van der Waals surface area contributed by atoms with Gasteiger partial charge in [0.15, 0.2) is 0 Å². The SMILES string of the molecule is CC(N)c1ccccc1O[SiH](C)/C=C/c1ccccn1. The van der Waals surface area contributed by atoms with E-state index in [2.05, 4.69) is 17.2 Å². The molecule has 104 valence electrons. The number of para-hydroxylation sites is 1. The molecule has 4 heteroatoms. The van der Waals surface area contributed by atoms with E-state index in [1.807, 2.05) is 55.5 Å². The van der Waals surface area contributed by atoms with Crippen LogP contribution in [0.15, 0.2) is 54.4 Å². The Bertz CT molecular complexity index is 570. The fourth-order valence-electron chi connectivity index (χ4n) is 1.91. The first kappa shape index (κ1) is 14.5. The average molecular weight is 284 g/mol. The standard InChI is InChI=1S/C16H20N2OSi/c1-13(17)15-8-3-4-9-16(15)19-20(2)12-10-14-7-5-6-11-18-14/h3-13,20H,17H2,1-2H3/b12-10+. The van der Waals surface area contributed by atoms with Crippen LogP contribution in [0.4, 0.5) is 0 Å². The maximum Gasteiger partial charge on any atom is 0.257 e. The van der Waals surface area contributed by atoms with Crippen molar-refractivity contribution < 1.29 is 4.43 Å². The molecule has 0 spiro atoms. The van der Waals surface area contributed by atoms with Crippen molar-refractivity contribution in [1.29, 1.82) is 0 Å². The van der Waals surface area contributed by atoms with Gasteiger partial charge in [-0.05, 0) is 37.7 Å². The number of rotatable bonds is 5. The van der Waals surface area contributed by atoms with E-state index >= 15 is 0 Å². The van der Waals surface area contributed by atoms with Crippen molar-refractivity contribution >= 4 is 15.1 Å². The van der Waals surface area contributed by atoms with Gasteiger partial charge in [-0.1, -0.05) is 30.0 Å². The van der Waals surface area contributed by atoms with Gasteiger partial charge in [0.05, 0.1) is 5.69 Å². The van der Waals surface area contributed by atoms with Crippen molar-refractivity contribution in [3.8, 4) is 5.75 Å². The molecule has 0 aliphatic rings. The van der Waals surface area contributed by atoms with Gasteiger partial charge in [-0.2, -0.15) is 0 Å². The molecule has 0 amide bonds. The van der Waals surface area contributed by atoms with Gasteiger partial charge >= 0.3 is 0 Å². The molecule has 2 aromatic rings. The zero-order valence-electron chi connectivity index (χ0n) is 11.9. The number of benzene rings is 1. The summed E-state index contributed by atoms with van der Waals surface area (Å²) in [6.07, 6.45) is 3.81. The molecule has 0 aliphatic heterocycles. The molecule has 2 rings (SSSR count). The average Bonchev–Trinajstić information content (AvgIpc) is 2.46. The normalized spacial score (nSPS) is 14.2. The topological polar surface area (TPSA) is 48.1 Å². The van der Waals surface area contributed by atoms with Crippen LogP contribution in [-0.4, -0.2) is 14.0 Å². The fourth-order valence-corrected chi connectivity index (χ4v) is 3.07. The molecule has 1 aromatic carbocycles. The molecule has 2 N–H and O–H groups in total. The molecule has 2 atom stereocenters. The maximum absolute atomic E-state index is 6.07. The van der Waals surface area contributed by atoms with Crippen molar-refractivity contribution in [3.05, 3.63) is 65.6 Å². The van der Waals surface area contributed by atoms with Crippen molar-refractivity contribution in [2.45, 2.75) is 19.5 Å². The zero-order chi connectivity index (χ0) is 14.4. The van der Waals surface area contributed by atoms with Gasteiger partial charge in [0, 0.05) is 17.8 Å². The van der Waals surface area contributed by atoms with Crippen LogP contribution in [-0.2, 0) is 0 Å². The predicted molar refractivity (Wildman–Crippen MR) is 86.0 cm³/mol. The lowest BCUT2D eigenvalue weighted by Gasteiger charge is -2.16. The van der Waals surface area contributed by atoms with Crippen molar-refractivity contribution in [2.75, 3.05) is 0 Å². The first-order chi connectivity index (χ1) is 9.66. The number of pyridine rings is 1. The summed E-state index contributed by atoms with van der Waals surface area (Å²) in [4.78, 5) is 4.26. The van der Waals surface area contributed by atoms with E-state index < -0.39 is 9.04 Å². The smallest absolute Gasteiger partial charge is 0.257 e. The largest absolute Gasteiger partial charge is 0.543 e. The van der Waals surface area contributed by atoms with Crippen LogP contribution in [0, 0.1) is 0 Å². The molecule has 20 heavy (non-hydrogen) atoms. The zero-order valence-corrected chi connectivity index (χ0v) is 13.0. The van der Waals surface area contributed by atoms with Crippen molar-refractivity contribution in [1.82, 2.24) is 4.98 Å². The van der Waals surface area contributed by atoms with Crippen LogP contribution in [0.2, 0.25) is 6.55 Å². The van der Waals surface area contributed by atoms with E-state index in [4.69, 9.17) is 10.2 Å². The first-order valence-electron chi connectivity index (χ1n) is 6.77. The third kappa shape index (κ3) is 4.04. The summed E-state index contributed by atoms with van der Waals surface area (Å²) < 4.78 is 6.07. The Morgan fingerprint density at radius 3 is 2.65 bits per heavy atom. The van der Waals surface area contributed by atoms with E-state index in [0.717, 1.165) is 17.0 Å². The molecule has 3 nitrogen and oxygen atoms in total. The number of nitrogens with two attached hydrogens (primary N) is 1. The second-order valence-electron chi connectivity index (χ2n) is 4.76. The summed E-state index contributed by atoms with van der Waals surface area (Å²) >= 11 is 0. The minimum atomic E-state index is -1.44. The molecule has 1 aromatic heterocycles. The minimum Gasteiger partial charge on any atom is -0.543 e. The molecular weight excluding hydrogens is 264 g/mol. The van der Waals surface area contributed by atoms with Gasteiger partial charge in [0.25, 0.3) is 9.04 Å². The molecule has 0 fully saturated rings. The summed E-state index contributed by atoms with van der Waals surface area (Å²) in [5.74, 6) is 0.896. The number of hydrogen-bond acceptors (Lipinski definition) is 3. The lowest BCUT2D eigenvalue weighted by atomic mass is 10.1. The van der Waals surface area contributed by atoms with Crippen LogP contribution >= 0.6 is 0 Å². The predicted octanol–water partition coefficient (Wildman–Crippen LogP) is 3.09. The fraction of sp³-hybridized carbons (Fsp3) is 0.188. The van der Waals surface area contributed by atoms with Crippen LogP contribution in [0.25, 0.3) is 6.08 Å². The van der Waals surface area contributed by atoms with E-state index in [9.17, 15) is 0 Å². The van der Waals surface area contributed by atoms with Crippen molar-refractivity contribution in [2.24, 2.45) is 5.73 Å². The molecule has 0 saturated carbocycles. The van der Waals surface area contributed by atoms with Crippen molar-refractivity contribution in [3.63, 3.8) is 0 Å². The van der Waals surface area contributed by atoms with Crippen LogP contribution in [0.5, 0.6) is 5.75 Å². The summed E-state index contributed by atoms with van der Waals surface area (Å²) in [6, 6.07) is 13.8. The van der Waals surface area contributed by atoms with Gasteiger partial charge in [-0.25, -0.2) is 0 Å². The number of aromatic nitrogens is 1. The minimum absolute atomic E-state index is 0.0211. The van der Waals surface area contributed by atoms with E-state index in [1.165, 1.54) is 0 Å². The van der Waals surface area contributed by atoms with Gasteiger partial charge in [-0.15, -0.1) is 0 Å². The quantitative estimate of drug-likeness (QED) is 0.858. The molecular formula is C16H20N2OSi. The van der Waals surface area contributed by atoms with Gasteiger partial charge in [-0.3, -0.25) is 4.98 Å². The van der Waals surface area contributed by atoms with Crippen LogP contribution in [0.1, 0.15) is 24.2 Å². The lowest BCUT2D eigenvalue weighted by molar-refractivity contribution is 0.567. The summed E-state index contributed by atoms with van der Waals surface area (Å²) in [5, 5.41) is 0. The number of nitrogens with zero attached hydrogens (tertiary/aromatic N) is 1. The third-order valence-electron chi connectivity index (χ3n) is 2.95. The number of hydrogen-bond donors (Lipinski definition) is 1. The van der Waals surface area contributed by atoms with Crippen LogP contribution in [0.3, 0.4) is 0 Å². The molecule has 2 unspecified atom stereocenters. The molecule has 0 radical (unpaired) electrons. The second-order valence-corrected chi connectivity index (χ2v) is 6.79. The maximum atomic E-state index is 6.07. The lowest BCUT2D eigenvalue weighted by Crippen LogP contribution is -2.17. The molecule has 0 aliphatic carbocycles. The van der Waals surface area contributed by atoms with E-state index in [1.54, 1.807) is 6.20 Å². The highest BCUT2D eigenvalue weighted by Crippen LogP contribution is 2.23. The third-order valence-corrected chi connectivity index (χ3v) is 4.31. The Kier molecular flexibility index (Phi) is 5.09. The summed E-state index contributed by atoms with van der Waals surface area (Å²) in [5.41, 5.74) is 10.1. The Balaban J connectivity index is 2.05. The Morgan fingerprint density at radius 2 is 1.95 bits per heavy atom. The molecule has 1 heterocycles. The Hall–Kier alpha value is -1.91. The Morgan fingerprint density at radius 1 is 1.20 bits per heavy atom. The highest BCUT2D eigenvalue weighted by Gasteiger charge is 2.09. The van der Waals surface area contributed by atoms with Gasteiger partial charge in [0.2, 0.25) is 0 Å².